The molecule has 0 aliphatic carbocycles. The number of hydrogen-bond donors (Lipinski definition) is 0. The van der Waals surface area contributed by atoms with E-state index >= 15 is 0 Å². The van der Waals surface area contributed by atoms with E-state index in [1.807, 2.05) is 48.5 Å². The zero-order chi connectivity index (χ0) is 14.1. The Hall–Kier alpha value is -2.03. The molecule has 0 bridgehead atoms. The molecule has 1 nitrogen and oxygen atoms in total. The van der Waals surface area contributed by atoms with Crippen molar-refractivity contribution in [3.63, 3.8) is 0 Å². The molecular formula is C20H16MgO. The Balaban J connectivity index is 0.000000960. The van der Waals surface area contributed by atoms with Gasteiger partial charge in [0, 0.05) is 10.8 Å². The van der Waals surface area contributed by atoms with Gasteiger partial charge in [0.05, 0.1) is 0 Å². The molecule has 4 aromatic rings. The molecule has 0 saturated carbocycles. The fraction of sp³-hybridized carbons (Fsp3) is 0. The molecule has 0 saturated heterocycles. The summed E-state index contributed by atoms with van der Waals surface area (Å²) in [6.45, 7) is 0. The SMILES string of the molecule is [H-].[H-].[Mg+2].c1ccc2c(Oc3cccc4ccccc34)cccc2c1. The Morgan fingerprint density at radius 2 is 0.909 bits per heavy atom. The van der Waals surface area contributed by atoms with Gasteiger partial charge in [0.15, 0.2) is 0 Å². The first-order valence-corrected chi connectivity index (χ1v) is 7.05. The van der Waals surface area contributed by atoms with E-state index in [1.165, 1.54) is 10.8 Å². The van der Waals surface area contributed by atoms with Gasteiger partial charge >= 0.3 is 23.1 Å². The van der Waals surface area contributed by atoms with E-state index in [0.717, 1.165) is 22.3 Å². The van der Waals surface area contributed by atoms with Crippen molar-refractivity contribution in [3.05, 3.63) is 84.9 Å². The molecule has 0 heterocycles. The van der Waals surface area contributed by atoms with Crippen molar-refractivity contribution in [2.75, 3.05) is 0 Å². The van der Waals surface area contributed by atoms with Crippen LogP contribution in [0.3, 0.4) is 0 Å². The zero-order valence-electron chi connectivity index (χ0n) is 14.2. The summed E-state index contributed by atoms with van der Waals surface area (Å²) < 4.78 is 6.20. The van der Waals surface area contributed by atoms with Crippen molar-refractivity contribution in [2.24, 2.45) is 0 Å². The van der Waals surface area contributed by atoms with Gasteiger partial charge < -0.3 is 7.59 Å². The molecule has 0 fully saturated rings. The molecule has 0 aromatic heterocycles. The van der Waals surface area contributed by atoms with Gasteiger partial charge in [-0.15, -0.1) is 0 Å². The topological polar surface area (TPSA) is 9.23 Å². The van der Waals surface area contributed by atoms with E-state index in [4.69, 9.17) is 4.74 Å². The summed E-state index contributed by atoms with van der Waals surface area (Å²) in [6.07, 6.45) is 0. The van der Waals surface area contributed by atoms with E-state index in [-0.39, 0.29) is 25.9 Å². The van der Waals surface area contributed by atoms with Crippen LogP contribution in [0.1, 0.15) is 2.85 Å². The van der Waals surface area contributed by atoms with Crippen molar-refractivity contribution in [3.8, 4) is 11.5 Å². The van der Waals surface area contributed by atoms with Gasteiger partial charge in [-0.1, -0.05) is 72.8 Å². The van der Waals surface area contributed by atoms with Crippen LogP contribution < -0.4 is 4.74 Å². The number of benzene rings is 4. The van der Waals surface area contributed by atoms with Crippen LogP contribution in [-0.2, 0) is 0 Å². The van der Waals surface area contributed by atoms with Gasteiger partial charge in [0.2, 0.25) is 0 Å². The Morgan fingerprint density at radius 1 is 0.500 bits per heavy atom. The van der Waals surface area contributed by atoms with Crippen LogP contribution in [-0.4, -0.2) is 23.1 Å². The molecule has 0 N–H and O–H groups in total. The first-order valence-electron chi connectivity index (χ1n) is 7.05. The molecule has 0 aliphatic heterocycles. The fourth-order valence-electron chi connectivity index (χ4n) is 2.69. The smallest absolute Gasteiger partial charge is 1.00 e. The maximum atomic E-state index is 6.20. The summed E-state index contributed by atoms with van der Waals surface area (Å²) in [5, 5.41) is 4.64. The Labute approximate surface area is 148 Å². The minimum Gasteiger partial charge on any atom is -1.00 e. The molecule has 0 aliphatic rings. The first-order chi connectivity index (χ1) is 10.4. The maximum Gasteiger partial charge on any atom is 2.00 e. The van der Waals surface area contributed by atoms with Crippen LogP contribution in [0.25, 0.3) is 21.5 Å². The van der Waals surface area contributed by atoms with Gasteiger partial charge in [0.25, 0.3) is 0 Å². The monoisotopic (exact) mass is 296 g/mol. The van der Waals surface area contributed by atoms with Crippen molar-refractivity contribution in [1.29, 1.82) is 0 Å². The summed E-state index contributed by atoms with van der Waals surface area (Å²) in [5.41, 5.74) is 0. The molecule has 0 amide bonds. The number of ether oxygens (including phenoxy) is 1. The van der Waals surface area contributed by atoms with E-state index in [2.05, 4.69) is 36.4 Å². The zero-order valence-corrected chi connectivity index (χ0v) is 13.6. The van der Waals surface area contributed by atoms with Gasteiger partial charge in [-0.05, 0) is 22.9 Å². The van der Waals surface area contributed by atoms with Crippen LogP contribution in [0.4, 0.5) is 0 Å². The van der Waals surface area contributed by atoms with Gasteiger partial charge in [0.1, 0.15) is 11.5 Å². The third kappa shape index (κ3) is 2.68. The summed E-state index contributed by atoms with van der Waals surface area (Å²) in [5.74, 6) is 1.79. The minimum absolute atomic E-state index is 0. The molecule has 4 rings (SSSR count). The predicted molar refractivity (Wildman–Crippen MR) is 95.9 cm³/mol. The second-order valence-electron chi connectivity index (χ2n) is 5.06. The van der Waals surface area contributed by atoms with E-state index < -0.39 is 0 Å². The standard InChI is InChI=1S/C20H14O.Mg.2H/c1-3-11-17-15(7-1)9-5-13-19(17)21-20-14-6-10-16-8-2-4-12-18(16)20;;;/h1-14H;;;/q;+2;2*-1. The average molecular weight is 297 g/mol. The van der Waals surface area contributed by atoms with Crippen LogP contribution >= 0.6 is 0 Å². The quantitative estimate of drug-likeness (QED) is 0.436. The predicted octanol–water partition coefficient (Wildman–Crippen LogP) is 5.63. The van der Waals surface area contributed by atoms with Crippen LogP contribution in [0, 0.1) is 0 Å². The Bertz CT molecular complexity index is 853. The molecule has 104 valence electrons. The number of fused-ring (bicyclic) bond motifs is 2. The van der Waals surface area contributed by atoms with Gasteiger partial charge in [-0.3, -0.25) is 0 Å². The van der Waals surface area contributed by atoms with E-state index in [9.17, 15) is 0 Å². The largest absolute Gasteiger partial charge is 2.00 e. The van der Waals surface area contributed by atoms with Crippen molar-refractivity contribution >= 4 is 44.6 Å². The van der Waals surface area contributed by atoms with Gasteiger partial charge in [-0.25, -0.2) is 0 Å². The van der Waals surface area contributed by atoms with Crippen LogP contribution in [0.5, 0.6) is 11.5 Å². The Morgan fingerprint density at radius 3 is 1.41 bits per heavy atom. The van der Waals surface area contributed by atoms with Crippen LogP contribution in [0.15, 0.2) is 84.9 Å². The molecule has 2 heteroatoms. The average Bonchev–Trinajstić information content (AvgIpc) is 2.56. The van der Waals surface area contributed by atoms with E-state index in [0.29, 0.717) is 0 Å². The second kappa shape index (κ2) is 6.38. The first kappa shape index (κ1) is 14.9. The molecular weight excluding hydrogens is 281 g/mol. The Kier molecular flexibility index (Phi) is 4.32. The van der Waals surface area contributed by atoms with Gasteiger partial charge in [-0.2, -0.15) is 0 Å². The number of rotatable bonds is 2. The van der Waals surface area contributed by atoms with Crippen LogP contribution in [0.2, 0.25) is 0 Å². The summed E-state index contributed by atoms with van der Waals surface area (Å²) in [4.78, 5) is 0. The second-order valence-corrected chi connectivity index (χ2v) is 5.06. The minimum atomic E-state index is 0. The third-order valence-electron chi connectivity index (χ3n) is 3.72. The molecule has 4 aromatic carbocycles. The summed E-state index contributed by atoms with van der Waals surface area (Å²) in [6, 6.07) is 28.9. The maximum absolute atomic E-state index is 6.20. The summed E-state index contributed by atoms with van der Waals surface area (Å²) >= 11 is 0. The molecule has 0 spiro atoms. The van der Waals surface area contributed by atoms with Crippen molar-refractivity contribution < 1.29 is 7.59 Å². The summed E-state index contributed by atoms with van der Waals surface area (Å²) in [7, 11) is 0. The third-order valence-corrected chi connectivity index (χ3v) is 3.72. The molecule has 22 heavy (non-hydrogen) atoms. The molecule has 0 radical (unpaired) electrons. The molecule has 0 atom stereocenters. The number of hydrogen-bond acceptors (Lipinski definition) is 1. The molecule has 0 unspecified atom stereocenters. The van der Waals surface area contributed by atoms with E-state index in [1.54, 1.807) is 0 Å². The van der Waals surface area contributed by atoms with Crippen molar-refractivity contribution in [1.82, 2.24) is 0 Å². The van der Waals surface area contributed by atoms with Crippen molar-refractivity contribution in [2.45, 2.75) is 0 Å². The fourth-order valence-corrected chi connectivity index (χ4v) is 2.69. The normalized spacial score (nSPS) is 10.4.